The number of hydrogen-bond donors (Lipinski definition) is 0. The predicted molar refractivity (Wildman–Crippen MR) is 84.3 cm³/mol. The Labute approximate surface area is 139 Å². The molecule has 126 valence electrons. The van der Waals surface area contributed by atoms with E-state index in [0.29, 0.717) is 18.8 Å². The number of nitrogens with zero attached hydrogens (tertiary/aromatic N) is 2. The van der Waals surface area contributed by atoms with E-state index in [-0.39, 0.29) is 36.7 Å². The number of ether oxygens (including phenoxy) is 1. The first-order valence-electron chi connectivity index (χ1n) is 7.94. The molecule has 2 heterocycles. The van der Waals surface area contributed by atoms with Crippen molar-refractivity contribution in [3.05, 3.63) is 29.8 Å². The Morgan fingerprint density at radius 1 is 1.17 bits per heavy atom. The van der Waals surface area contributed by atoms with Gasteiger partial charge in [0, 0.05) is 12.8 Å². The smallest absolute Gasteiger partial charge is 0.336 e. The molecule has 1 aromatic rings. The number of hydrogen-bond acceptors (Lipinski definition) is 6. The fourth-order valence-corrected chi connectivity index (χ4v) is 2.49. The van der Waals surface area contributed by atoms with E-state index in [2.05, 4.69) is 4.99 Å². The van der Waals surface area contributed by atoms with Crippen molar-refractivity contribution in [2.45, 2.75) is 38.6 Å². The second kappa shape index (κ2) is 6.82. The number of benzene rings is 1. The maximum Gasteiger partial charge on any atom is 0.336 e. The Morgan fingerprint density at radius 3 is 2.46 bits per heavy atom. The van der Waals surface area contributed by atoms with E-state index in [1.54, 1.807) is 19.1 Å². The third-order valence-corrected chi connectivity index (χ3v) is 3.85. The van der Waals surface area contributed by atoms with Crippen LogP contribution in [0.3, 0.4) is 0 Å². The molecular formula is C17H18N2O5. The Bertz CT molecular complexity index is 679. The summed E-state index contributed by atoms with van der Waals surface area (Å²) in [5, 5.41) is 0.817. The number of imide groups is 1. The van der Waals surface area contributed by atoms with Gasteiger partial charge in [-0.25, -0.2) is 4.79 Å². The van der Waals surface area contributed by atoms with Crippen LogP contribution in [0.15, 0.2) is 29.3 Å². The predicted octanol–water partition coefficient (Wildman–Crippen LogP) is 1.45. The van der Waals surface area contributed by atoms with Crippen molar-refractivity contribution in [2.75, 3.05) is 6.61 Å². The van der Waals surface area contributed by atoms with Crippen LogP contribution in [0.5, 0.6) is 5.75 Å². The molecule has 7 nitrogen and oxygen atoms in total. The molecule has 2 aliphatic rings. The van der Waals surface area contributed by atoms with Crippen molar-refractivity contribution in [1.82, 2.24) is 5.06 Å². The van der Waals surface area contributed by atoms with Crippen LogP contribution in [-0.2, 0) is 25.5 Å². The zero-order valence-electron chi connectivity index (χ0n) is 13.4. The lowest BCUT2D eigenvalue weighted by Gasteiger charge is -2.14. The molecule has 0 saturated carbocycles. The molecule has 0 aliphatic carbocycles. The fourth-order valence-electron chi connectivity index (χ4n) is 2.49. The summed E-state index contributed by atoms with van der Waals surface area (Å²) in [6.45, 7) is 2.13. The molecule has 0 spiro atoms. The van der Waals surface area contributed by atoms with Crippen LogP contribution in [0, 0.1) is 0 Å². The third kappa shape index (κ3) is 3.61. The molecule has 24 heavy (non-hydrogen) atoms. The summed E-state index contributed by atoms with van der Waals surface area (Å²) in [7, 11) is 0. The number of aryl methyl sites for hydroxylation is 1. The monoisotopic (exact) mass is 330 g/mol. The van der Waals surface area contributed by atoms with Crippen LogP contribution >= 0.6 is 0 Å². The minimum absolute atomic E-state index is 0.195. The van der Waals surface area contributed by atoms with E-state index >= 15 is 0 Å². The van der Waals surface area contributed by atoms with Crippen molar-refractivity contribution in [3.8, 4) is 5.75 Å². The van der Waals surface area contributed by atoms with Gasteiger partial charge in [-0.05, 0) is 37.5 Å². The molecule has 1 fully saturated rings. The first kappa shape index (κ1) is 16.2. The van der Waals surface area contributed by atoms with Gasteiger partial charge in [-0.3, -0.25) is 14.6 Å². The van der Waals surface area contributed by atoms with Crippen molar-refractivity contribution >= 4 is 23.5 Å². The molecule has 2 amide bonds. The van der Waals surface area contributed by atoms with Crippen LogP contribution in [0.4, 0.5) is 0 Å². The highest BCUT2D eigenvalue weighted by Crippen LogP contribution is 2.21. The van der Waals surface area contributed by atoms with E-state index in [0.717, 1.165) is 22.8 Å². The fraction of sp³-hybridized carbons (Fsp3) is 0.412. The molecule has 1 saturated heterocycles. The molecule has 7 heteroatoms. The van der Waals surface area contributed by atoms with Crippen molar-refractivity contribution < 1.29 is 24.0 Å². The van der Waals surface area contributed by atoms with Gasteiger partial charge in [-0.1, -0.05) is 12.1 Å². The molecule has 1 unspecified atom stereocenters. The van der Waals surface area contributed by atoms with Crippen LogP contribution in [0.2, 0.25) is 0 Å². The normalized spacial score (nSPS) is 19.3. The van der Waals surface area contributed by atoms with Crippen molar-refractivity contribution in [3.63, 3.8) is 0 Å². The molecule has 0 radical (unpaired) electrons. The molecule has 0 aromatic heterocycles. The Kier molecular flexibility index (Phi) is 4.59. The molecule has 2 aliphatic heterocycles. The summed E-state index contributed by atoms with van der Waals surface area (Å²) >= 11 is 0. The molecule has 3 rings (SSSR count). The largest absolute Gasteiger partial charge is 0.464 e. The Morgan fingerprint density at radius 2 is 1.83 bits per heavy atom. The maximum atomic E-state index is 11.5. The minimum Gasteiger partial charge on any atom is -0.464 e. The zero-order valence-corrected chi connectivity index (χ0v) is 13.4. The number of hydroxylamine groups is 2. The van der Waals surface area contributed by atoms with Gasteiger partial charge in [-0.15, -0.1) is 5.06 Å². The second-order valence-electron chi connectivity index (χ2n) is 5.59. The summed E-state index contributed by atoms with van der Waals surface area (Å²) in [6.07, 6.45) is 1.84. The average molecular weight is 330 g/mol. The molecule has 0 bridgehead atoms. The van der Waals surface area contributed by atoms with Crippen molar-refractivity contribution in [1.29, 1.82) is 0 Å². The average Bonchev–Trinajstić information content (AvgIpc) is 3.30. The lowest BCUT2D eigenvalue weighted by Crippen LogP contribution is -2.32. The quantitative estimate of drug-likeness (QED) is 0.558. The van der Waals surface area contributed by atoms with Gasteiger partial charge in [0.15, 0.2) is 11.8 Å². The van der Waals surface area contributed by atoms with Crippen LogP contribution in [-0.4, -0.2) is 41.2 Å². The first-order valence-corrected chi connectivity index (χ1v) is 7.94. The van der Waals surface area contributed by atoms with E-state index in [4.69, 9.17) is 9.57 Å². The summed E-state index contributed by atoms with van der Waals surface area (Å²) in [5.74, 6) is -0.478. The number of esters is 1. The summed E-state index contributed by atoms with van der Waals surface area (Å²) < 4.78 is 4.91. The van der Waals surface area contributed by atoms with E-state index < -0.39 is 0 Å². The van der Waals surface area contributed by atoms with Gasteiger partial charge < -0.3 is 9.57 Å². The van der Waals surface area contributed by atoms with Gasteiger partial charge in [0.25, 0.3) is 11.8 Å². The first-order chi connectivity index (χ1) is 11.6. The number of carbonyl (C=O) groups is 3. The lowest BCUT2D eigenvalue weighted by atomic mass is 10.1. The van der Waals surface area contributed by atoms with Crippen LogP contribution in [0.1, 0.15) is 31.7 Å². The molecule has 0 N–H and O–H groups in total. The highest BCUT2D eigenvalue weighted by Gasteiger charge is 2.35. The third-order valence-electron chi connectivity index (χ3n) is 3.85. The van der Waals surface area contributed by atoms with E-state index in [1.165, 1.54) is 0 Å². The number of carbonyl (C=O) groups excluding carboxylic acids is 3. The van der Waals surface area contributed by atoms with Gasteiger partial charge in [0.05, 0.1) is 12.3 Å². The summed E-state index contributed by atoms with van der Waals surface area (Å²) in [4.78, 5) is 43.9. The maximum absolute atomic E-state index is 11.5. The van der Waals surface area contributed by atoms with Gasteiger partial charge in [0.2, 0.25) is 0 Å². The Balaban J connectivity index is 1.47. The molecule has 1 atom stereocenters. The summed E-state index contributed by atoms with van der Waals surface area (Å²) in [6, 6.07) is 6.77. The van der Waals surface area contributed by atoms with E-state index in [1.807, 2.05) is 12.1 Å². The summed E-state index contributed by atoms with van der Waals surface area (Å²) in [5.41, 5.74) is 1.92. The molecule has 1 aromatic carbocycles. The topological polar surface area (TPSA) is 85.3 Å². The zero-order chi connectivity index (χ0) is 17.1. The van der Waals surface area contributed by atoms with Gasteiger partial charge in [-0.2, -0.15) is 0 Å². The highest BCUT2D eigenvalue weighted by atomic mass is 16.7. The number of amides is 2. The van der Waals surface area contributed by atoms with E-state index in [9.17, 15) is 14.4 Å². The van der Waals surface area contributed by atoms with Gasteiger partial charge in [0.1, 0.15) is 0 Å². The SMILES string of the molecule is CCOC(=O)C1N=C1CCc1ccc(ON2C(=O)CCC2=O)cc1. The number of rotatable bonds is 7. The highest BCUT2D eigenvalue weighted by molar-refractivity contribution is 6.16. The Hall–Kier alpha value is -2.70. The second-order valence-corrected chi connectivity index (χ2v) is 5.59. The number of aliphatic imine (C=N–C) groups is 1. The van der Waals surface area contributed by atoms with Gasteiger partial charge >= 0.3 is 5.97 Å². The van der Waals surface area contributed by atoms with Crippen LogP contribution < -0.4 is 4.84 Å². The standard InChI is InChI=1S/C17H18N2O5/c1-2-23-17(22)16-13(18-16)8-5-11-3-6-12(7-4-11)24-19-14(20)9-10-15(19)21/h3-4,6-7,16H,2,5,8-10H2,1H3. The van der Waals surface area contributed by atoms with Crippen molar-refractivity contribution in [2.24, 2.45) is 4.99 Å². The minimum atomic E-state index is -0.389. The van der Waals surface area contributed by atoms with Crippen LogP contribution in [0.25, 0.3) is 0 Å². The lowest BCUT2D eigenvalue weighted by molar-refractivity contribution is -0.164. The molecular weight excluding hydrogens is 312 g/mol.